The van der Waals surface area contributed by atoms with Crippen LogP contribution in [-0.4, -0.2) is 6.29 Å². The van der Waals surface area contributed by atoms with E-state index in [4.69, 9.17) is 16.0 Å². The number of furan rings is 1. The monoisotopic (exact) mass is 220 g/mol. The van der Waals surface area contributed by atoms with Crippen LogP contribution in [0.4, 0.5) is 0 Å². The molecule has 2 rings (SSSR count). The lowest BCUT2D eigenvalue weighted by molar-refractivity contribution is 0.112. The molecule has 1 aromatic carbocycles. The molecule has 0 unspecified atom stereocenters. The molecule has 2 aromatic rings. The third kappa shape index (κ3) is 1.95. The Bertz CT molecular complexity index is 500. The van der Waals surface area contributed by atoms with E-state index in [9.17, 15) is 4.79 Å². The second-order valence-corrected chi connectivity index (χ2v) is 3.70. The van der Waals surface area contributed by atoms with E-state index in [-0.39, 0.29) is 0 Å². The predicted octanol–water partition coefficient (Wildman–Crippen LogP) is 3.72. The maximum absolute atomic E-state index is 10.8. The molecule has 2 nitrogen and oxygen atoms in total. The molecule has 0 aliphatic heterocycles. The fraction of sp³-hybridized carbons (Fsp3) is 0.0833. The smallest absolute Gasteiger partial charge is 0.150 e. The van der Waals surface area contributed by atoms with Gasteiger partial charge in [0.2, 0.25) is 0 Å². The molecular weight excluding hydrogens is 212 g/mol. The van der Waals surface area contributed by atoms with Crippen LogP contribution in [0, 0.1) is 6.92 Å². The summed E-state index contributed by atoms with van der Waals surface area (Å²) < 4.78 is 5.45. The van der Waals surface area contributed by atoms with Gasteiger partial charge in [0.15, 0.2) is 6.29 Å². The summed E-state index contributed by atoms with van der Waals surface area (Å²) in [7, 11) is 0. The molecule has 3 heteroatoms. The zero-order valence-electron chi connectivity index (χ0n) is 8.16. The minimum atomic E-state index is 0.578. The molecule has 15 heavy (non-hydrogen) atoms. The van der Waals surface area contributed by atoms with Gasteiger partial charge < -0.3 is 4.42 Å². The van der Waals surface area contributed by atoms with Crippen molar-refractivity contribution >= 4 is 17.9 Å². The standard InChI is InChI=1S/C12H9ClO2/c1-8-2-5-12(15-8)11-6-10(13)4-3-9(11)7-14/h2-7H,1H3. The molecule has 76 valence electrons. The van der Waals surface area contributed by atoms with Crippen LogP contribution in [-0.2, 0) is 0 Å². The Hall–Kier alpha value is -1.54. The normalized spacial score (nSPS) is 10.3. The fourth-order valence-corrected chi connectivity index (χ4v) is 1.60. The van der Waals surface area contributed by atoms with Crippen LogP contribution >= 0.6 is 11.6 Å². The van der Waals surface area contributed by atoms with Crippen molar-refractivity contribution in [3.63, 3.8) is 0 Å². The van der Waals surface area contributed by atoms with E-state index in [0.717, 1.165) is 17.6 Å². The van der Waals surface area contributed by atoms with Crippen molar-refractivity contribution in [2.75, 3.05) is 0 Å². The van der Waals surface area contributed by atoms with Crippen LogP contribution in [0.25, 0.3) is 11.3 Å². The van der Waals surface area contributed by atoms with Gasteiger partial charge in [0.25, 0.3) is 0 Å². The van der Waals surface area contributed by atoms with Crippen LogP contribution in [0.5, 0.6) is 0 Å². The third-order valence-corrected chi connectivity index (χ3v) is 2.38. The zero-order valence-corrected chi connectivity index (χ0v) is 8.91. The summed E-state index contributed by atoms with van der Waals surface area (Å²) in [5.41, 5.74) is 1.30. The molecule has 0 radical (unpaired) electrons. The van der Waals surface area contributed by atoms with Gasteiger partial charge in [0.1, 0.15) is 11.5 Å². The first-order valence-corrected chi connectivity index (χ1v) is 4.90. The fourth-order valence-electron chi connectivity index (χ4n) is 1.42. The topological polar surface area (TPSA) is 30.2 Å². The molecule has 0 spiro atoms. The highest BCUT2D eigenvalue weighted by Crippen LogP contribution is 2.27. The average Bonchev–Trinajstić information content (AvgIpc) is 2.65. The van der Waals surface area contributed by atoms with Crippen molar-refractivity contribution in [3.8, 4) is 11.3 Å². The maximum atomic E-state index is 10.8. The minimum Gasteiger partial charge on any atom is -0.461 e. The molecule has 0 saturated heterocycles. The first-order chi connectivity index (χ1) is 7.20. The van der Waals surface area contributed by atoms with E-state index in [1.807, 2.05) is 19.1 Å². The van der Waals surface area contributed by atoms with Gasteiger partial charge >= 0.3 is 0 Å². The summed E-state index contributed by atoms with van der Waals surface area (Å²) in [4.78, 5) is 10.8. The number of rotatable bonds is 2. The van der Waals surface area contributed by atoms with Gasteiger partial charge in [-0.1, -0.05) is 11.6 Å². The summed E-state index contributed by atoms with van der Waals surface area (Å²) in [6, 6.07) is 8.77. The van der Waals surface area contributed by atoms with Gasteiger partial charge in [-0.15, -0.1) is 0 Å². The zero-order chi connectivity index (χ0) is 10.8. The SMILES string of the molecule is Cc1ccc(-c2cc(Cl)ccc2C=O)o1. The number of aldehydes is 1. The summed E-state index contributed by atoms with van der Waals surface area (Å²) in [6.45, 7) is 1.86. The second-order valence-electron chi connectivity index (χ2n) is 3.26. The van der Waals surface area contributed by atoms with Crippen LogP contribution in [0.2, 0.25) is 5.02 Å². The van der Waals surface area contributed by atoms with Gasteiger partial charge in [-0.25, -0.2) is 0 Å². The summed E-state index contributed by atoms with van der Waals surface area (Å²) in [5, 5.41) is 0.588. The molecule has 0 N–H and O–H groups in total. The highest BCUT2D eigenvalue weighted by atomic mass is 35.5. The van der Waals surface area contributed by atoms with Gasteiger partial charge in [-0.3, -0.25) is 4.79 Å². The van der Waals surface area contributed by atoms with Crippen LogP contribution in [0.3, 0.4) is 0 Å². The Balaban J connectivity index is 2.59. The predicted molar refractivity (Wildman–Crippen MR) is 59.3 cm³/mol. The van der Waals surface area contributed by atoms with Crippen molar-refractivity contribution < 1.29 is 9.21 Å². The molecule has 1 heterocycles. The molecule has 0 atom stereocenters. The first-order valence-electron chi connectivity index (χ1n) is 4.52. The quantitative estimate of drug-likeness (QED) is 0.722. The first kappa shape index (κ1) is 9.99. The average molecular weight is 221 g/mol. The Morgan fingerprint density at radius 1 is 1.27 bits per heavy atom. The maximum Gasteiger partial charge on any atom is 0.150 e. The molecule has 0 fully saturated rings. The molecule has 1 aromatic heterocycles. The van der Waals surface area contributed by atoms with Crippen molar-refractivity contribution in [2.24, 2.45) is 0 Å². The van der Waals surface area contributed by atoms with Gasteiger partial charge in [-0.05, 0) is 37.3 Å². The van der Waals surface area contributed by atoms with E-state index in [1.165, 1.54) is 0 Å². The number of halogens is 1. The van der Waals surface area contributed by atoms with Crippen molar-refractivity contribution in [2.45, 2.75) is 6.92 Å². The Kier molecular flexibility index (Phi) is 2.60. The van der Waals surface area contributed by atoms with E-state index < -0.39 is 0 Å². The van der Waals surface area contributed by atoms with Gasteiger partial charge in [0.05, 0.1) is 0 Å². The number of hydrogen-bond acceptors (Lipinski definition) is 2. The Labute approximate surface area is 92.5 Å². The summed E-state index contributed by atoms with van der Waals surface area (Å²) in [5.74, 6) is 1.47. The number of carbonyl (C=O) groups is 1. The molecule has 0 aliphatic carbocycles. The number of benzene rings is 1. The summed E-state index contributed by atoms with van der Waals surface area (Å²) >= 11 is 5.87. The number of carbonyl (C=O) groups excluding carboxylic acids is 1. The highest BCUT2D eigenvalue weighted by molar-refractivity contribution is 6.31. The van der Waals surface area contributed by atoms with Gasteiger partial charge in [-0.2, -0.15) is 0 Å². The lowest BCUT2D eigenvalue weighted by Gasteiger charge is -2.01. The second kappa shape index (κ2) is 3.91. The van der Waals surface area contributed by atoms with Crippen molar-refractivity contribution in [3.05, 3.63) is 46.7 Å². The van der Waals surface area contributed by atoms with Crippen LogP contribution in [0.15, 0.2) is 34.7 Å². The number of hydrogen-bond donors (Lipinski definition) is 0. The largest absolute Gasteiger partial charge is 0.461 e. The van der Waals surface area contributed by atoms with Crippen LogP contribution < -0.4 is 0 Å². The Morgan fingerprint density at radius 3 is 2.67 bits per heavy atom. The van der Waals surface area contributed by atoms with Crippen molar-refractivity contribution in [1.29, 1.82) is 0 Å². The summed E-state index contributed by atoms with van der Waals surface area (Å²) in [6.07, 6.45) is 0.795. The molecule has 0 amide bonds. The molecule has 0 saturated carbocycles. The molecule has 0 bridgehead atoms. The third-order valence-electron chi connectivity index (χ3n) is 2.15. The van der Waals surface area contributed by atoms with E-state index in [0.29, 0.717) is 16.3 Å². The highest BCUT2D eigenvalue weighted by Gasteiger charge is 2.08. The van der Waals surface area contributed by atoms with Gasteiger partial charge in [0, 0.05) is 16.1 Å². The lowest BCUT2D eigenvalue weighted by atomic mass is 10.1. The van der Waals surface area contributed by atoms with E-state index in [1.54, 1.807) is 18.2 Å². The lowest BCUT2D eigenvalue weighted by Crippen LogP contribution is -1.85. The molecular formula is C12H9ClO2. The van der Waals surface area contributed by atoms with E-state index in [2.05, 4.69) is 0 Å². The Morgan fingerprint density at radius 2 is 2.07 bits per heavy atom. The van der Waals surface area contributed by atoms with E-state index >= 15 is 0 Å². The van der Waals surface area contributed by atoms with Crippen molar-refractivity contribution in [1.82, 2.24) is 0 Å². The minimum absolute atomic E-state index is 0.578. The molecule has 0 aliphatic rings. The van der Waals surface area contributed by atoms with Crippen LogP contribution in [0.1, 0.15) is 16.1 Å². The number of aryl methyl sites for hydroxylation is 1.